The van der Waals surface area contributed by atoms with Crippen LogP contribution >= 0.6 is 11.3 Å². The van der Waals surface area contributed by atoms with Crippen LogP contribution < -0.4 is 10.6 Å². The van der Waals surface area contributed by atoms with Crippen LogP contribution in [0.5, 0.6) is 0 Å². The minimum atomic E-state index is -0.0239. The molecule has 0 bridgehead atoms. The molecule has 1 aromatic heterocycles. The lowest BCUT2D eigenvalue weighted by molar-refractivity contribution is 0.0954. The molecule has 3 rings (SSSR count). The van der Waals surface area contributed by atoms with Gasteiger partial charge >= 0.3 is 0 Å². The summed E-state index contributed by atoms with van der Waals surface area (Å²) in [4.78, 5) is 16.5. The Morgan fingerprint density at radius 2 is 2.26 bits per heavy atom. The number of anilines is 2. The molecule has 2 aromatic rings. The lowest BCUT2D eigenvalue weighted by atomic mass is 9.97. The molecule has 0 saturated carbocycles. The van der Waals surface area contributed by atoms with Crippen LogP contribution in [0.15, 0.2) is 47.5 Å². The first-order valence-corrected chi connectivity index (χ1v) is 8.92. The maximum absolute atomic E-state index is 12.3. The Labute approximate surface area is 140 Å². The Hall–Kier alpha value is -2.14. The number of aromatic nitrogens is 1. The van der Waals surface area contributed by atoms with E-state index in [-0.39, 0.29) is 5.91 Å². The topological polar surface area (TPSA) is 54.0 Å². The van der Waals surface area contributed by atoms with Gasteiger partial charge in [-0.25, -0.2) is 4.98 Å². The van der Waals surface area contributed by atoms with Gasteiger partial charge in [-0.3, -0.25) is 4.79 Å². The molecule has 0 aliphatic heterocycles. The van der Waals surface area contributed by atoms with Crippen molar-refractivity contribution < 1.29 is 4.79 Å². The van der Waals surface area contributed by atoms with Crippen molar-refractivity contribution in [1.29, 1.82) is 0 Å². The number of allylic oxidation sites excluding steroid dienone is 1. The smallest absolute Gasteiger partial charge is 0.251 e. The fraction of sp³-hybridized carbons (Fsp3) is 0.333. The van der Waals surface area contributed by atoms with Gasteiger partial charge in [0.05, 0.1) is 0 Å². The van der Waals surface area contributed by atoms with Crippen LogP contribution in [-0.4, -0.2) is 17.4 Å². The second kappa shape index (κ2) is 7.92. The fourth-order valence-corrected chi connectivity index (χ4v) is 3.27. The Bertz CT molecular complexity index is 679. The van der Waals surface area contributed by atoms with Crippen LogP contribution in [0.25, 0.3) is 0 Å². The van der Waals surface area contributed by atoms with Crippen LogP contribution in [0.3, 0.4) is 0 Å². The van der Waals surface area contributed by atoms with Crippen LogP contribution in [0, 0.1) is 0 Å². The number of amides is 1. The molecule has 4 nitrogen and oxygen atoms in total. The number of hydrogen-bond acceptors (Lipinski definition) is 4. The second-order valence-corrected chi connectivity index (χ2v) is 6.55. The van der Waals surface area contributed by atoms with Gasteiger partial charge in [-0.2, -0.15) is 0 Å². The lowest BCUT2D eigenvalue weighted by Gasteiger charge is -2.13. The Kier molecular flexibility index (Phi) is 5.42. The number of rotatable bonds is 6. The van der Waals surface area contributed by atoms with Gasteiger partial charge in [0.15, 0.2) is 5.13 Å². The molecule has 0 fully saturated rings. The van der Waals surface area contributed by atoms with Gasteiger partial charge in [-0.15, -0.1) is 11.3 Å². The molecule has 1 aromatic carbocycles. The maximum Gasteiger partial charge on any atom is 0.251 e. The average molecular weight is 327 g/mol. The van der Waals surface area contributed by atoms with Crippen molar-refractivity contribution in [1.82, 2.24) is 10.3 Å². The Balaban J connectivity index is 1.53. The largest absolute Gasteiger partial charge is 0.352 e. The summed E-state index contributed by atoms with van der Waals surface area (Å²) in [5.41, 5.74) is 3.03. The van der Waals surface area contributed by atoms with Crippen LogP contribution in [0.2, 0.25) is 0 Å². The van der Waals surface area contributed by atoms with E-state index in [0.717, 1.165) is 17.2 Å². The third-order valence-electron chi connectivity index (χ3n) is 3.93. The van der Waals surface area contributed by atoms with E-state index in [1.807, 2.05) is 29.6 Å². The first-order chi connectivity index (χ1) is 11.3. The van der Waals surface area contributed by atoms with Crippen molar-refractivity contribution in [3.63, 3.8) is 0 Å². The molecule has 23 heavy (non-hydrogen) atoms. The molecule has 120 valence electrons. The number of benzene rings is 1. The molecular weight excluding hydrogens is 306 g/mol. The molecule has 0 atom stereocenters. The summed E-state index contributed by atoms with van der Waals surface area (Å²) < 4.78 is 0. The van der Waals surface area contributed by atoms with Crippen molar-refractivity contribution in [2.24, 2.45) is 0 Å². The second-order valence-electron chi connectivity index (χ2n) is 5.66. The molecule has 0 unspecified atom stereocenters. The van der Waals surface area contributed by atoms with Crippen molar-refractivity contribution in [2.45, 2.75) is 32.1 Å². The number of thiazole rings is 1. The standard InChI is InChI=1S/C18H21N3OS/c22-17(19-10-9-14-5-2-1-3-6-14)15-7-4-8-16(13-15)21-18-20-11-12-23-18/h4-5,7-8,11-13H,1-3,6,9-10H2,(H,19,22)(H,20,21). The molecule has 0 spiro atoms. The van der Waals surface area contributed by atoms with E-state index in [2.05, 4.69) is 21.7 Å². The molecule has 1 aliphatic rings. The first kappa shape index (κ1) is 15.7. The zero-order valence-electron chi connectivity index (χ0n) is 13.0. The lowest BCUT2D eigenvalue weighted by Crippen LogP contribution is -2.24. The summed E-state index contributed by atoms with van der Waals surface area (Å²) in [6, 6.07) is 7.51. The van der Waals surface area contributed by atoms with Gasteiger partial charge in [0.1, 0.15) is 0 Å². The Morgan fingerprint density at radius 1 is 1.30 bits per heavy atom. The fourth-order valence-electron chi connectivity index (χ4n) is 2.72. The normalized spacial score (nSPS) is 14.2. The van der Waals surface area contributed by atoms with Crippen molar-refractivity contribution in [3.8, 4) is 0 Å². The van der Waals surface area contributed by atoms with Crippen molar-refractivity contribution in [2.75, 3.05) is 11.9 Å². The number of nitrogens with one attached hydrogen (secondary N) is 2. The van der Waals surface area contributed by atoms with Crippen LogP contribution in [0.4, 0.5) is 10.8 Å². The van der Waals surface area contributed by atoms with E-state index in [0.29, 0.717) is 12.1 Å². The third kappa shape index (κ3) is 4.66. The zero-order chi connectivity index (χ0) is 15.9. The summed E-state index contributed by atoms with van der Waals surface area (Å²) in [6.07, 6.45) is 10.00. The summed E-state index contributed by atoms with van der Waals surface area (Å²) >= 11 is 1.53. The molecule has 0 radical (unpaired) electrons. The monoisotopic (exact) mass is 327 g/mol. The predicted molar refractivity (Wildman–Crippen MR) is 95.3 cm³/mol. The van der Waals surface area contributed by atoms with E-state index in [9.17, 15) is 4.79 Å². The number of carbonyl (C=O) groups is 1. The summed E-state index contributed by atoms with van der Waals surface area (Å²) in [5.74, 6) is -0.0239. The van der Waals surface area contributed by atoms with Crippen LogP contribution in [0.1, 0.15) is 42.5 Å². The summed E-state index contributed by atoms with van der Waals surface area (Å²) in [7, 11) is 0. The van der Waals surface area contributed by atoms with Crippen molar-refractivity contribution >= 4 is 28.1 Å². The molecule has 2 N–H and O–H groups in total. The van der Waals surface area contributed by atoms with Gasteiger partial charge in [0.2, 0.25) is 0 Å². The molecule has 5 heteroatoms. The highest BCUT2D eigenvalue weighted by molar-refractivity contribution is 7.13. The highest BCUT2D eigenvalue weighted by Crippen LogP contribution is 2.20. The van der Waals surface area contributed by atoms with Gasteiger partial charge in [-0.1, -0.05) is 17.7 Å². The zero-order valence-corrected chi connectivity index (χ0v) is 13.9. The van der Waals surface area contributed by atoms with Gasteiger partial charge in [-0.05, 0) is 50.3 Å². The van der Waals surface area contributed by atoms with E-state index in [4.69, 9.17) is 0 Å². The Morgan fingerprint density at radius 3 is 3.04 bits per heavy atom. The van der Waals surface area contributed by atoms with E-state index < -0.39 is 0 Å². The maximum atomic E-state index is 12.3. The molecule has 0 saturated heterocycles. The highest BCUT2D eigenvalue weighted by atomic mass is 32.1. The third-order valence-corrected chi connectivity index (χ3v) is 4.61. The van der Waals surface area contributed by atoms with E-state index in [1.165, 1.54) is 42.6 Å². The molecule has 1 amide bonds. The van der Waals surface area contributed by atoms with E-state index >= 15 is 0 Å². The van der Waals surface area contributed by atoms with Gasteiger partial charge < -0.3 is 10.6 Å². The number of nitrogens with zero attached hydrogens (tertiary/aromatic N) is 1. The molecule has 1 aliphatic carbocycles. The van der Waals surface area contributed by atoms with Gasteiger partial charge in [0, 0.05) is 29.4 Å². The van der Waals surface area contributed by atoms with Crippen molar-refractivity contribution in [3.05, 3.63) is 53.1 Å². The minimum Gasteiger partial charge on any atom is -0.352 e. The first-order valence-electron chi connectivity index (χ1n) is 8.04. The van der Waals surface area contributed by atoms with Crippen LogP contribution in [-0.2, 0) is 0 Å². The van der Waals surface area contributed by atoms with Gasteiger partial charge in [0.25, 0.3) is 5.91 Å². The minimum absolute atomic E-state index is 0.0239. The highest BCUT2D eigenvalue weighted by Gasteiger charge is 2.08. The summed E-state index contributed by atoms with van der Waals surface area (Å²) in [5, 5.41) is 8.96. The molecular formula is C18H21N3OS. The molecule has 1 heterocycles. The average Bonchev–Trinajstić information content (AvgIpc) is 3.09. The number of hydrogen-bond donors (Lipinski definition) is 2. The summed E-state index contributed by atoms with van der Waals surface area (Å²) in [6.45, 7) is 0.703. The predicted octanol–water partition coefficient (Wildman–Crippen LogP) is 4.51. The number of carbonyl (C=O) groups excluding carboxylic acids is 1. The SMILES string of the molecule is O=C(NCCC1=CCCCC1)c1cccc(Nc2nccs2)c1. The van der Waals surface area contributed by atoms with E-state index in [1.54, 1.807) is 6.20 Å². The quantitative estimate of drug-likeness (QED) is 0.768.